The van der Waals surface area contributed by atoms with E-state index < -0.39 is 8.53 Å². The SMILES string of the molecule is CC1(C)CN2CC(C)(C)OP2O1. The summed E-state index contributed by atoms with van der Waals surface area (Å²) in [5.41, 5.74) is -0.0234. The number of hydrogen-bond acceptors (Lipinski definition) is 3. The maximum Gasteiger partial charge on any atom is 0.260 e. The van der Waals surface area contributed by atoms with Gasteiger partial charge in [0.15, 0.2) is 0 Å². The largest absolute Gasteiger partial charge is 0.314 e. The van der Waals surface area contributed by atoms with E-state index in [1.807, 2.05) is 0 Å². The van der Waals surface area contributed by atoms with E-state index in [2.05, 4.69) is 32.4 Å². The van der Waals surface area contributed by atoms with Crippen molar-refractivity contribution >= 4 is 8.53 Å². The Hall–Kier alpha value is 0.310. The molecule has 0 spiro atoms. The molecule has 0 aromatic heterocycles. The standard InChI is InChI=1S/C8H16NO2P/c1-7(2)5-9-6-8(3,4)11-12(9)10-7/h5-6H2,1-4H3. The quantitative estimate of drug-likeness (QED) is 0.545. The first kappa shape index (κ1) is 8.89. The molecule has 0 aliphatic carbocycles. The maximum atomic E-state index is 5.78. The Morgan fingerprint density at radius 2 is 1.42 bits per heavy atom. The summed E-state index contributed by atoms with van der Waals surface area (Å²) in [7, 11) is -0.736. The van der Waals surface area contributed by atoms with Crippen LogP contribution < -0.4 is 0 Å². The molecule has 3 nitrogen and oxygen atoms in total. The van der Waals surface area contributed by atoms with E-state index in [9.17, 15) is 0 Å². The zero-order chi connectivity index (χ0) is 8.98. The minimum Gasteiger partial charge on any atom is -0.314 e. The van der Waals surface area contributed by atoms with Gasteiger partial charge in [-0.3, -0.25) is 0 Å². The molecule has 0 aromatic rings. The number of rotatable bonds is 0. The summed E-state index contributed by atoms with van der Waals surface area (Å²) in [4.78, 5) is 0. The summed E-state index contributed by atoms with van der Waals surface area (Å²) in [5, 5.41) is 0. The molecule has 0 aromatic carbocycles. The second-order valence-electron chi connectivity index (χ2n) is 4.76. The third-order valence-electron chi connectivity index (χ3n) is 2.01. The van der Waals surface area contributed by atoms with Gasteiger partial charge in [-0.1, -0.05) is 0 Å². The summed E-state index contributed by atoms with van der Waals surface area (Å²) in [6.45, 7) is 10.5. The Morgan fingerprint density at radius 3 is 1.75 bits per heavy atom. The molecule has 0 unspecified atom stereocenters. The predicted molar refractivity (Wildman–Crippen MR) is 48.8 cm³/mol. The van der Waals surface area contributed by atoms with Crippen LogP contribution in [0.5, 0.6) is 0 Å². The lowest BCUT2D eigenvalue weighted by Gasteiger charge is -2.22. The van der Waals surface area contributed by atoms with E-state index in [0.717, 1.165) is 13.1 Å². The molecule has 0 radical (unpaired) electrons. The van der Waals surface area contributed by atoms with Crippen molar-refractivity contribution in [2.75, 3.05) is 13.1 Å². The van der Waals surface area contributed by atoms with Crippen LogP contribution in [0.4, 0.5) is 0 Å². The highest BCUT2D eigenvalue weighted by molar-refractivity contribution is 7.45. The van der Waals surface area contributed by atoms with Gasteiger partial charge in [0.1, 0.15) is 0 Å². The summed E-state index contributed by atoms with van der Waals surface area (Å²) >= 11 is 0. The molecule has 4 heteroatoms. The highest BCUT2D eigenvalue weighted by Gasteiger charge is 2.49. The van der Waals surface area contributed by atoms with Gasteiger partial charge in [-0.2, -0.15) is 0 Å². The smallest absolute Gasteiger partial charge is 0.260 e. The summed E-state index contributed by atoms with van der Waals surface area (Å²) in [6, 6.07) is 0. The van der Waals surface area contributed by atoms with Crippen molar-refractivity contribution in [2.24, 2.45) is 0 Å². The molecule has 2 fully saturated rings. The summed E-state index contributed by atoms with van der Waals surface area (Å²) in [6.07, 6.45) is 0. The van der Waals surface area contributed by atoms with Crippen LogP contribution in [0.3, 0.4) is 0 Å². The van der Waals surface area contributed by atoms with E-state index >= 15 is 0 Å². The minimum atomic E-state index is -0.736. The van der Waals surface area contributed by atoms with Crippen molar-refractivity contribution in [3.05, 3.63) is 0 Å². The Bertz CT molecular complexity index is 167. The minimum absolute atomic E-state index is 0.0117. The Kier molecular flexibility index (Phi) is 1.79. The third kappa shape index (κ3) is 1.51. The average Bonchev–Trinajstić information content (AvgIpc) is 2.12. The fraction of sp³-hybridized carbons (Fsp3) is 1.00. The fourth-order valence-corrected chi connectivity index (χ4v) is 3.81. The van der Waals surface area contributed by atoms with E-state index in [0.29, 0.717) is 0 Å². The van der Waals surface area contributed by atoms with Crippen molar-refractivity contribution in [2.45, 2.75) is 38.9 Å². The van der Waals surface area contributed by atoms with Crippen LogP contribution in [0.1, 0.15) is 27.7 Å². The predicted octanol–water partition coefficient (Wildman–Crippen LogP) is 2.13. The van der Waals surface area contributed by atoms with Crippen molar-refractivity contribution < 1.29 is 9.05 Å². The van der Waals surface area contributed by atoms with Gasteiger partial charge in [0.05, 0.1) is 11.2 Å². The molecule has 12 heavy (non-hydrogen) atoms. The number of nitrogens with zero attached hydrogens (tertiary/aromatic N) is 1. The van der Waals surface area contributed by atoms with Crippen LogP contribution in [0, 0.1) is 0 Å². The van der Waals surface area contributed by atoms with Gasteiger partial charge in [0.25, 0.3) is 8.53 Å². The van der Waals surface area contributed by atoms with Crippen LogP contribution in [-0.4, -0.2) is 29.0 Å². The van der Waals surface area contributed by atoms with Gasteiger partial charge in [0, 0.05) is 13.1 Å². The van der Waals surface area contributed by atoms with Crippen molar-refractivity contribution in [3.8, 4) is 0 Å². The van der Waals surface area contributed by atoms with Crippen LogP contribution in [0.2, 0.25) is 0 Å². The molecule has 0 atom stereocenters. The van der Waals surface area contributed by atoms with E-state index in [1.165, 1.54) is 0 Å². The van der Waals surface area contributed by atoms with Gasteiger partial charge >= 0.3 is 0 Å². The molecule has 2 aliphatic rings. The second-order valence-corrected chi connectivity index (χ2v) is 6.17. The highest BCUT2D eigenvalue weighted by atomic mass is 31.2. The average molecular weight is 189 g/mol. The lowest BCUT2D eigenvalue weighted by Crippen LogP contribution is -2.33. The molecule has 0 amide bonds. The first-order chi connectivity index (χ1) is 5.38. The lowest BCUT2D eigenvalue weighted by atomic mass is 10.1. The van der Waals surface area contributed by atoms with Gasteiger partial charge < -0.3 is 9.05 Å². The molecule has 2 saturated heterocycles. The molecular weight excluding hydrogens is 173 g/mol. The molecule has 70 valence electrons. The Balaban J connectivity index is 2.07. The highest BCUT2D eigenvalue weighted by Crippen LogP contribution is 2.59. The van der Waals surface area contributed by atoms with E-state index in [1.54, 1.807) is 0 Å². The zero-order valence-electron chi connectivity index (χ0n) is 8.13. The Labute approximate surface area is 75.0 Å². The molecule has 2 rings (SSSR count). The van der Waals surface area contributed by atoms with E-state index in [-0.39, 0.29) is 11.2 Å². The fourth-order valence-electron chi connectivity index (χ4n) is 1.67. The first-order valence-electron chi connectivity index (χ1n) is 4.31. The molecule has 2 aliphatic heterocycles. The van der Waals surface area contributed by atoms with Crippen molar-refractivity contribution in [1.82, 2.24) is 4.67 Å². The molecule has 0 N–H and O–H groups in total. The Morgan fingerprint density at radius 1 is 1.00 bits per heavy atom. The monoisotopic (exact) mass is 189 g/mol. The van der Waals surface area contributed by atoms with Crippen LogP contribution in [-0.2, 0) is 9.05 Å². The second kappa shape index (κ2) is 2.42. The molecular formula is C8H16NO2P. The van der Waals surface area contributed by atoms with Gasteiger partial charge in [-0.25, -0.2) is 4.67 Å². The topological polar surface area (TPSA) is 21.7 Å². The van der Waals surface area contributed by atoms with Crippen molar-refractivity contribution in [1.29, 1.82) is 0 Å². The van der Waals surface area contributed by atoms with Crippen molar-refractivity contribution in [3.63, 3.8) is 0 Å². The normalized spacial score (nSPS) is 34.0. The maximum absolute atomic E-state index is 5.78. The van der Waals surface area contributed by atoms with Gasteiger partial charge in [0.2, 0.25) is 0 Å². The summed E-state index contributed by atoms with van der Waals surface area (Å²) in [5.74, 6) is 0. The zero-order valence-corrected chi connectivity index (χ0v) is 9.02. The third-order valence-corrected chi connectivity index (χ3v) is 4.05. The van der Waals surface area contributed by atoms with Crippen LogP contribution >= 0.6 is 8.53 Å². The first-order valence-corrected chi connectivity index (χ1v) is 5.44. The van der Waals surface area contributed by atoms with Gasteiger partial charge in [-0.15, -0.1) is 0 Å². The lowest BCUT2D eigenvalue weighted by molar-refractivity contribution is 0.0753. The summed E-state index contributed by atoms with van der Waals surface area (Å²) < 4.78 is 13.9. The number of fused-ring (bicyclic) bond motifs is 1. The molecule has 2 heterocycles. The molecule has 0 saturated carbocycles. The van der Waals surface area contributed by atoms with E-state index in [4.69, 9.17) is 9.05 Å². The molecule has 0 bridgehead atoms. The van der Waals surface area contributed by atoms with Gasteiger partial charge in [-0.05, 0) is 27.7 Å². The van der Waals surface area contributed by atoms with Crippen LogP contribution in [0.15, 0.2) is 0 Å². The van der Waals surface area contributed by atoms with Crippen LogP contribution in [0.25, 0.3) is 0 Å². The number of hydrogen-bond donors (Lipinski definition) is 0.